The lowest BCUT2D eigenvalue weighted by Gasteiger charge is -2.31. The first kappa shape index (κ1) is 25.9. The number of benzene rings is 2. The van der Waals surface area contributed by atoms with Crippen molar-refractivity contribution in [1.29, 1.82) is 0 Å². The van der Waals surface area contributed by atoms with E-state index in [0.29, 0.717) is 32.7 Å². The van der Waals surface area contributed by atoms with Gasteiger partial charge in [0, 0.05) is 49.8 Å². The zero-order valence-electron chi connectivity index (χ0n) is 21.0. The van der Waals surface area contributed by atoms with Crippen LogP contribution in [-0.2, 0) is 27.3 Å². The number of hydrogen-bond donors (Lipinski definition) is 1. The quantitative estimate of drug-likeness (QED) is 0.412. The number of aromatic nitrogens is 1. The van der Waals surface area contributed by atoms with Gasteiger partial charge >= 0.3 is 0 Å². The second kappa shape index (κ2) is 12.7. The first-order valence-electron chi connectivity index (χ1n) is 12.9. The Morgan fingerprint density at radius 2 is 1.75 bits per heavy atom. The maximum absolute atomic E-state index is 13.6. The number of methoxy groups -OCH3 is 1. The maximum Gasteiger partial charge on any atom is 0.242 e. The zero-order chi connectivity index (χ0) is 25.3. The molecule has 2 aromatic carbocycles. The minimum atomic E-state index is -0.306. The number of halogens is 1. The molecule has 1 saturated carbocycles. The van der Waals surface area contributed by atoms with Crippen LogP contribution in [0.1, 0.15) is 43.2 Å². The van der Waals surface area contributed by atoms with Crippen molar-refractivity contribution in [3.05, 3.63) is 71.7 Å². The SMILES string of the molecule is COCCN(CC(=O)N(CCc1c[nH]c2ccccc12)Cc1ccc(F)cc1)C(=O)C1CCCCC1. The van der Waals surface area contributed by atoms with Gasteiger partial charge in [0.2, 0.25) is 11.8 Å². The Morgan fingerprint density at radius 3 is 2.50 bits per heavy atom. The molecule has 1 N–H and O–H groups in total. The van der Waals surface area contributed by atoms with Crippen molar-refractivity contribution < 1.29 is 18.7 Å². The lowest BCUT2D eigenvalue weighted by molar-refractivity contribution is -0.144. The smallest absolute Gasteiger partial charge is 0.242 e. The fraction of sp³-hybridized carbons (Fsp3) is 0.448. The van der Waals surface area contributed by atoms with Crippen LogP contribution in [0, 0.1) is 11.7 Å². The minimum Gasteiger partial charge on any atom is -0.383 e. The molecule has 0 radical (unpaired) electrons. The second-order valence-corrected chi connectivity index (χ2v) is 9.64. The van der Waals surface area contributed by atoms with E-state index in [0.717, 1.165) is 47.7 Å². The van der Waals surface area contributed by atoms with Crippen molar-refractivity contribution in [3.63, 3.8) is 0 Å². The summed E-state index contributed by atoms with van der Waals surface area (Å²) in [6.07, 6.45) is 7.72. The van der Waals surface area contributed by atoms with Crippen LogP contribution in [0.25, 0.3) is 10.9 Å². The molecule has 6 nitrogen and oxygen atoms in total. The molecule has 1 fully saturated rings. The number of fused-ring (bicyclic) bond motifs is 1. The van der Waals surface area contributed by atoms with E-state index in [9.17, 15) is 14.0 Å². The average Bonchev–Trinajstić information content (AvgIpc) is 3.33. The van der Waals surface area contributed by atoms with Crippen LogP contribution < -0.4 is 0 Å². The second-order valence-electron chi connectivity index (χ2n) is 9.64. The van der Waals surface area contributed by atoms with Crippen LogP contribution in [0.2, 0.25) is 0 Å². The lowest BCUT2D eigenvalue weighted by Crippen LogP contribution is -2.46. The third kappa shape index (κ3) is 6.72. The number of H-pyrrole nitrogens is 1. The Kier molecular flexibility index (Phi) is 9.11. The molecule has 4 rings (SSSR count). The van der Waals surface area contributed by atoms with Gasteiger partial charge in [-0.25, -0.2) is 4.39 Å². The van der Waals surface area contributed by atoms with Gasteiger partial charge in [-0.1, -0.05) is 49.6 Å². The summed E-state index contributed by atoms with van der Waals surface area (Å²) in [4.78, 5) is 33.7. The van der Waals surface area contributed by atoms with Crippen molar-refractivity contribution in [2.75, 3.05) is 33.4 Å². The van der Waals surface area contributed by atoms with Gasteiger partial charge in [-0.3, -0.25) is 9.59 Å². The molecule has 192 valence electrons. The Morgan fingerprint density at radius 1 is 1.00 bits per heavy atom. The summed E-state index contributed by atoms with van der Waals surface area (Å²) in [6, 6.07) is 14.3. The van der Waals surface area contributed by atoms with E-state index >= 15 is 0 Å². The normalized spacial score (nSPS) is 14.2. The highest BCUT2D eigenvalue weighted by atomic mass is 19.1. The van der Waals surface area contributed by atoms with Crippen molar-refractivity contribution in [1.82, 2.24) is 14.8 Å². The third-order valence-electron chi connectivity index (χ3n) is 7.12. The Bertz CT molecular complexity index is 1140. The largest absolute Gasteiger partial charge is 0.383 e. The molecule has 1 heterocycles. The third-order valence-corrected chi connectivity index (χ3v) is 7.12. The van der Waals surface area contributed by atoms with Gasteiger partial charge < -0.3 is 19.5 Å². The van der Waals surface area contributed by atoms with Crippen molar-refractivity contribution >= 4 is 22.7 Å². The van der Waals surface area contributed by atoms with Crippen LogP contribution in [0.15, 0.2) is 54.7 Å². The van der Waals surface area contributed by atoms with E-state index in [-0.39, 0.29) is 30.1 Å². The Hall–Kier alpha value is -3.19. The zero-order valence-corrected chi connectivity index (χ0v) is 21.0. The Labute approximate surface area is 212 Å². The van der Waals surface area contributed by atoms with Gasteiger partial charge in [0.15, 0.2) is 0 Å². The number of aromatic amines is 1. The van der Waals surface area contributed by atoms with E-state index in [2.05, 4.69) is 11.1 Å². The topological polar surface area (TPSA) is 65.6 Å². The lowest BCUT2D eigenvalue weighted by atomic mass is 9.88. The van der Waals surface area contributed by atoms with Crippen LogP contribution >= 0.6 is 0 Å². The molecule has 2 amide bonds. The highest BCUT2D eigenvalue weighted by Gasteiger charge is 2.28. The molecule has 0 unspecified atom stereocenters. The summed E-state index contributed by atoms with van der Waals surface area (Å²) in [5.74, 6) is -0.377. The van der Waals surface area contributed by atoms with Crippen molar-refractivity contribution in [3.8, 4) is 0 Å². The molecule has 36 heavy (non-hydrogen) atoms. The highest BCUT2D eigenvalue weighted by Crippen LogP contribution is 2.25. The fourth-order valence-corrected chi connectivity index (χ4v) is 5.04. The molecule has 0 atom stereocenters. The summed E-state index contributed by atoms with van der Waals surface area (Å²) in [5, 5.41) is 1.14. The molecule has 1 aromatic heterocycles. The van der Waals surface area contributed by atoms with Crippen molar-refractivity contribution in [2.24, 2.45) is 5.92 Å². The molecule has 0 bridgehead atoms. The van der Waals surface area contributed by atoms with Crippen LogP contribution in [0.4, 0.5) is 4.39 Å². The molecule has 0 spiro atoms. The molecule has 0 aliphatic heterocycles. The predicted octanol–water partition coefficient (Wildman–Crippen LogP) is 4.93. The minimum absolute atomic E-state index is 0.0137. The number of para-hydroxylation sites is 1. The molecular weight excluding hydrogens is 457 g/mol. The van der Waals surface area contributed by atoms with E-state index in [1.54, 1.807) is 29.0 Å². The molecule has 1 aliphatic rings. The van der Waals surface area contributed by atoms with E-state index in [1.807, 2.05) is 24.4 Å². The van der Waals surface area contributed by atoms with Crippen LogP contribution in [0.5, 0.6) is 0 Å². The molecule has 7 heteroatoms. The maximum atomic E-state index is 13.6. The fourth-order valence-electron chi connectivity index (χ4n) is 5.04. The predicted molar refractivity (Wildman–Crippen MR) is 139 cm³/mol. The number of nitrogens with zero attached hydrogens (tertiary/aromatic N) is 2. The Balaban J connectivity index is 1.50. The number of hydrogen-bond acceptors (Lipinski definition) is 3. The molecular formula is C29H36FN3O3. The van der Waals surface area contributed by atoms with Gasteiger partial charge in [0.25, 0.3) is 0 Å². The number of nitrogens with one attached hydrogen (secondary N) is 1. The van der Waals surface area contributed by atoms with E-state index in [4.69, 9.17) is 4.74 Å². The number of amides is 2. The first-order valence-corrected chi connectivity index (χ1v) is 12.9. The van der Waals surface area contributed by atoms with Gasteiger partial charge in [-0.05, 0) is 48.6 Å². The van der Waals surface area contributed by atoms with E-state index < -0.39 is 0 Å². The monoisotopic (exact) mass is 493 g/mol. The summed E-state index contributed by atoms with van der Waals surface area (Å²) in [7, 11) is 1.60. The number of carbonyl (C=O) groups is 2. The summed E-state index contributed by atoms with van der Waals surface area (Å²) in [5.41, 5.74) is 3.05. The molecule has 1 aliphatic carbocycles. The van der Waals surface area contributed by atoms with Gasteiger partial charge in [0.1, 0.15) is 5.82 Å². The van der Waals surface area contributed by atoms with E-state index in [1.165, 1.54) is 18.6 Å². The van der Waals surface area contributed by atoms with Gasteiger partial charge in [-0.2, -0.15) is 0 Å². The first-order chi connectivity index (χ1) is 17.5. The molecule has 3 aromatic rings. The number of rotatable bonds is 11. The van der Waals surface area contributed by atoms with Crippen LogP contribution in [0.3, 0.4) is 0 Å². The number of ether oxygens (including phenoxy) is 1. The van der Waals surface area contributed by atoms with Gasteiger partial charge in [0.05, 0.1) is 13.2 Å². The van der Waals surface area contributed by atoms with Crippen molar-refractivity contribution in [2.45, 2.75) is 45.1 Å². The van der Waals surface area contributed by atoms with Gasteiger partial charge in [-0.15, -0.1) is 0 Å². The summed E-state index contributed by atoms with van der Waals surface area (Å²) in [6.45, 7) is 1.65. The standard InChI is InChI=1S/C29H36FN3O3/c1-36-18-17-33(29(35)23-7-3-2-4-8-23)21-28(34)32(20-22-11-13-25(30)14-12-22)16-15-24-19-31-27-10-6-5-9-26(24)27/h5-6,9-14,19,23,31H,2-4,7-8,15-18,20-21H2,1H3. The van der Waals surface area contributed by atoms with Crippen LogP contribution in [-0.4, -0.2) is 59.9 Å². The highest BCUT2D eigenvalue weighted by molar-refractivity contribution is 5.86. The number of carbonyl (C=O) groups excluding carboxylic acids is 2. The molecule has 0 saturated heterocycles. The summed E-state index contributed by atoms with van der Waals surface area (Å²) >= 11 is 0. The average molecular weight is 494 g/mol. The summed E-state index contributed by atoms with van der Waals surface area (Å²) < 4.78 is 18.7.